The van der Waals surface area contributed by atoms with Gasteiger partial charge in [-0.2, -0.15) is 0 Å². The summed E-state index contributed by atoms with van der Waals surface area (Å²) in [5, 5.41) is 3.46. The summed E-state index contributed by atoms with van der Waals surface area (Å²) in [6.07, 6.45) is 3.68. The first-order valence-electron chi connectivity index (χ1n) is 12.8. The molecule has 0 unspecified atom stereocenters. The summed E-state index contributed by atoms with van der Waals surface area (Å²) >= 11 is 14.1. The zero-order valence-electron chi connectivity index (χ0n) is 21.2. The summed E-state index contributed by atoms with van der Waals surface area (Å²) in [5.41, 5.74) is 2.41. The topological polar surface area (TPSA) is 90.9 Å². The molecular weight excluding hydrogens is 656 g/mol. The molecular formula is C29H26Cl2INO6. The molecule has 0 radical (unpaired) electrons. The molecule has 2 aromatic carbocycles. The number of carbonyl (C=O) groups is 3. The summed E-state index contributed by atoms with van der Waals surface area (Å²) in [4.78, 5) is 38.9. The van der Waals surface area contributed by atoms with E-state index in [9.17, 15) is 14.4 Å². The minimum absolute atomic E-state index is 0.0124. The number of nitrogens with one attached hydrogen (secondary N) is 1. The molecule has 0 saturated carbocycles. The summed E-state index contributed by atoms with van der Waals surface area (Å²) in [7, 11) is 0. The van der Waals surface area contributed by atoms with Gasteiger partial charge in [-0.25, -0.2) is 0 Å². The molecule has 2 aromatic rings. The Kier molecular flexibility index (Phi) is 8.54. The van der Waals surface area contributed by atoms with Crippen LogP contribution in [0.15, 0.2) is 53.0 Å². The van der Waals surface area contributed by atoms with Crippen LogP contribution in [0.4, 0.5) is 5.69 Å². The van der Waals surface area contributed by atoms with Gasteiger partial charge < -0.3 is 19.5 Å². The predicted octanol–water partition coefficient (Wildman–Crippen LogP) is 7.14. The Morgan fingerprint density at radius 3 is 2.26 bits per heavy atom. The van der Waals surface area contributed by atoms with E-state index in [0.717, 1.165) is 18.4 Å². The van der Waals surface area contributed by atoms with Gasteiger partial charge in [-0.05, 0) is 78.3 Å². The monoisotopic (exact) mass is 681 g/mol. The van der Waals surface area contributed by atoms with E-state index < -0.39 is 5.92 Å². The standard InChI is InChI=1S/C29H26Cl2INO6/c1-2-37-24-12-15(11-19(32)29(24)38-14-25(36)33-16-9-10-17(30)18(31)13-16)26-27-20(34)5-3-7-22(27)39-23-8-4-6-21(35)28(23)26/h9-13,26H,2-8,14H2,1H3,(H,33,36). The van der Waals surface area contributed by atoms with Gasteiger partial charge in [0.2, 0.25) is 0 Å². The molecule has 1 amide bonds. The number of halogens is 3. The maximum Gasteiger partial charge on any atom is 0.262 e. The highest BCUT2D eigenvalue weighted by atomic mass is 127. The van der Waals surface area contributed by atoms with Crippen LogP contribution in [0.1, 0.15) is 56.9 Å². The van der Waals surface area contributed by atoms with Gasteiger partial charge in [-0.15, -0.1) is 0 Å². The van der Waals surface area contributed by atoms with Crippen LogP contribution in [0, 0.1) is 3.57 Å². The van der Waals surface area contributed by atoms with Crippen molar-refractivity contribution < 1.29 is 28.6 Å². The van der Waals surface area contributed by atoms with Crippen LogP contribution >= 0.6 is 45.8 Å². The number of Topliss-reactive ketones (excluding diaryl/α,β-unsaturated/α-hetero) is 2. The lowest BCUT2D eigenvalue weighted by Gasteiger charge is -2.36. The molecule has 7 nitrogen and oxygen atoms in total. The van der Waals surface area contributed by atoms with Crippen molar-refractivity contribution in [1.82, 2.24) is 0 Å². The summed E-state index contributed by atoms with van der Waals surface area (Å²) < 4.78 is 18.7. The number of amides is 1. The highest BCUT2D eigenvalue weighted by Crippen LogP contribution is 2.49. The van der Waals surface area contributed by atoms with E-state index in [4.69, 9.17) is 37.4 Å². The van der Waals surface area contributed by atoms with Crippen molar-refractivity contribution in [2.24, 2.45) is 0 Å². The van der Waals surface area contributed by atoms with E-state index in [1.54, 1.807) is 18.2 Å². The Hall–Kier alpha value is -2.56. The van der Waals surface area contributed by atoms with Crippen LogP contribution in [0.25, 0.3) is 0 Å². The first kappa shape index (κ1) is 28.0. The van der Waals surface area contributed by atoms with Crippen molar-refractivity contribution in [1.29, 1.82) is 0 Å². The molecule has 204 valence electrons. The molecule has 0 atom stereocenters. The lowest BCUT2D eigenvalue weighted by Crippen LogP contribution is -2.30. The number of hydrogen-bond acceptors (Lipinski definition) is 6. The molecule has 10 heteroatoms. The molecule has 39 heavy (non-hydrogen) atoms. The Bertz CT molecular complexity index is 1390. The maximum atomic E-state index is 13.1. The van der Waals surface area contributed by atoms with Gasteiger partial charge in [0.05, 0.1) is 20.2 Å². The normalized spacial score (nSPS) is 17.4. The Labute approximate surface area is 250 Å². The molecule has 2 aliphatic carbocycles. The van der Waals surface area contributed by atoms with Gasteiger partial charge in [0, 0.05) is 48.4 Å². The number of benzene rings is 2. The summed E-state index contributed by atoms with van der Waals surface area (Å²) in [6.45, 7) is 1.94. The minimum atomic E-state index is -0.510. The molecule has 5 rings (SSSR count). The summed E-state index contributed by atoms with van der Waals surface area (Å²) in [5.74, 6) is 1.33. The highest BCUT2D eigenvalue weighted by Gasteiger charge is 2.42. The average molecular weight is 682 g/mol. The lowest BCUT2D eigenvalue weighted by atomic mass is 9.73. The maximum absolute atomic E-state index is 13.1. The second kappa shape index (κ2) is 11.9. The van der Waals surface area contributed by atoms with Gasteiger partial charge in [0.25, 0.3) is 5.91 Å². The number of anilines is 1. The van der Waals surface area contributed by atoms with Gasteiger partial charge in [-0.1, -0.05) is 23.2 Å². The van der Waals surface area contributed by atoms with Crippen molar-refractivity contribution in [2.75, 3.05) is 18.5 Å². The number of ketones is 2. The summed E-state index contributed by atoms with van der Waals surface area (Å²) in [6, 6.07) is 8.51. The van der Waals surface area contributed by atoms with E-state index in [-0.39, 0.29) is 24.1 Å². The second-order valence-electron chi connectivity index (χ2n) is 9.49. The van der Waals surface area contributed by atoms with E-state index >= 15 is 0 Å². The zero-order valence-corrected chi connectivity index (χ0v) is 24.9. The van der Waals surface area contributed by atoms with E-state index in [1.807, 2.05) is 19.1 Å². The molecule has 0 bridgehead atoms. The second-order valence-corrected chi connectivity index (χ2v) is 11.5. The third-order valence-electron chi connectivity index (χ3n) is 6.86. The number of rotatable bonds is 7. The van der Waals surface area contributed by atoms with Crippen molar-refractivity contribution in [3.63, 3.8) is 0 Å². The number of allylic oxidation sites excluding steroid dienone is 4. The minimum Gasteiger partial charge on any atom is -0.490 e. The van der Waals surface area contributed by atoms with Crippen LogP contribution < -0.4 is 14.8 Å². The van der Waals surface area contributed by atoms with Gasteiger partial charge in [0.15, 0.2) is 29.7 Å². The Morgan fingerprint density at radius 2 is 1.64 bits per heavy atom. The fraction of sp³-hybridized carbons (Fsp3) is 0.345. The van der Waals surface area contributed by atoms with E-state index in [1.165, 1.54) is 0 Å². The number of carbonyl (C=O) groups excluding carboxylic acids is 3. The molecule has 1 heterocycles. The Balaban J connectivity index is 1.46. The molecule has 0 fully saturated rings. The first-order valence-corrected chi connectivity index (χ1v) is 14.6. The van der Waals surface area contributed by atoms with Crippen molar-refractivity contribution in [3.8, 4) is 11.5 Å². The third-order valence-corrected chi connectivity index (χ3v) is 8.40. The molecule has 3 aliphatic rings. The SMILES string of the molecule is CCOc1cc(C2C3=C(CCCC3=O)OC3=C2C(=O)CCC3)cc(I)c1OCC(=O)Nc1ccc(Cl)c(Cl)c1. The van der Waals surface area contributed by atoms with Crippen LogP contribution in [0.3, 0.4) is 0 Å². The smallest absolute Gasteiger partial charge is 0.262 e. The quantitative estimate of drug-likeness (QED) is 0.313. The fourth-order valence-electron chi connectivity index (χ4n) is 5.22. The van der Waals surface area contributed by atoms with Crippen molar-refractivity contribution in [3.05, 3.63) is 72.2 Å². The average Bonchev–Trinajstić information content (AvgIpc) is 2.89. The van der Waals surface area contributed by atoms with Gasteiger partial charge >= 0.3 is 0 Å². The van der Waals surface area contributed by atoms with Crippen molar-refractivity contribution >= 4 is 69.0 Å². The first-order chi connectivity index (χ1) is 18.8. The molecule has 1 aliphatic heterocycles. The molecule has 1 N–H and O–H groups in total. The van der Waals surface area contributed by atoms with E-state index in [0.29, 0.717) is 85.8 Å². The highest BCUT2D eigenvalue weighted by molar-refractivity contribution is 14.1. The molecule has 0 spiro atoms. The fourth-order valence-corrected chi connectivity index (χ4v) is 6.30. The lowest BCUT2D eigenvalue weighted by molar-refractivity contribution is -0.119. The number of ether oxygens (including phenoxy) is 3. The molecule has 0 aromatic heterocycles. The van der Waals surface area contributed by atoms with Crippen LogP contribution in [-0.2, 0) is 19.1 Å². The van der Waals surface area contributed by atoms with Crippen LogP contribution in [0.2, 0.25) is 10.0 Å². The van der Waals surface area contributed by atoms with Crippen LogP contribution in [0.5, 0.6) is 11.5 Å². The van der Waals surface area contributed by atoms with E-state index in [2.05, 4.69) is 27.9 Å². The predicted molar refractivity (Wildman–Crippen MR) is 157 cm³/mol. The van der Waals surface area contributed by atoms with Crippen molar-refractivity contribution in [2.45, 2.75) is 51.4 Å². The van der Waals surface area contributed by atoms with Gasteiger partial charge in [-0.3, -0.25) is 14.4 Å². The van der Waals surface area contributed by atoms with Crippen LogP contribution in [-0.4, -0.2) is 30.7 Å². The van der Waals surface area contributed by atoms with Gasteiger partial charge in [0.1, 0.15) is 11.5 Å². The largest absolute Gasteiger partial charge is 0.490 e. The Morgan fingerprint density at radius 1 is 0.974 bits per heavy atom. The zero-order chi connectivity index (χ0) is 27.7. The number of hydrogen-bond donors (Lipinski definition) is 1. The third kappa shape index (κ3) is 5.83. The molecule has 0 saturated heterocycles.